The first kappa shape index (κ1) is 13.8. The van der Waals surface area contributed by atoms with Gasteiger partial charge < -0.3 is 15.5 Å². The second-order valence-corrected chi connectivity index (χ2v) is 5.13. The normalized spacial score (nSPS) is 23.0. The lowest BCUT2D eigenvalue weighted by molar-refractivity contribution is 0.0908. The quantitative estimate of drug-likeness (QED) is 0.766. The fourth-order valence-corrected chi connectivity index (χ4v) is 2.67. The van der Waals surface area contributed by atoms with Gasteiger partial charge in [0, 0.05) is 19.3 Å². The van der Waals surface area contributed by atoms with Crippen LogP contribution in [-0.4, -0.2) is 34.3 Å². The first-order valence-electron chi connectivity index (χ1n) is 6.73. The van der Waals surface area contributed by atoms with E-state index in [1.54, 1.807) is 0 Å². The Kier molecular flexibility index (Phi) is 4.74. The third-order valence-corrected chi connectivity index (χ3v) is 3.81. The molecule has 1 heterocycles. The summed E-state index contributed by atoms with van der Waals surface area (Å²) in [6, 6.07) is 1.40. The molecule has 3 N–H and O–H groups in total. The van der Waals surface area contributed by atoms with E-state index in [1.807, 2.05) is 0 Å². The minimum absolute atomic E-state index is 0.0152. The molecule has 0 radical (unpaired) electrons. The average Bonchev–Trinajstić information content (AvgIpc) is 2.45. The molecule has 104 valence electrons. The summed E-state index contributed by atoms with van der Waals surface area (Å²) in [5.41, 5.74) is 0.358. The van der Waals surface area contributed by atoms with Crippen LogP contribution in [0, 0.1) is 11.8 Å². The van der Waals surface area contributed by atoms with Gasteiger partial charge in [0.1, 0.15) is 5.75 Å². The van der Waals surface area contributed by atoms with Crippen molar-refractivity contribution in [3.8, 4) is 5.75 Å². The second kappa shape index (κ2) is 6.52. The van der Waals surface area contributed by atoms with E-state index in [1.165, 1.54) is 18.5 Å². The van der Waals surface area contributed by atoms with Crippen molar-refractivity contribution in [2.75, 3.05) is 13.2 Å². The summed E-state index contributed by atoms with van der Waals surface area (Å²) in [6.07, 6.45) is 7.12. The number of nitrogens with one attached hydrogen (secondary N) is 1. The van der Waals surface area contributed by atoms with E-state index in [2.05, 4.69) is 10.3 Å². The third-order valence-electron chi connectivity index (χ3n) is 3.81. The van der Waals surface area contributed by atoms with Crippen molar-refractivity contribution >= 4 is 5.91 Å². The highest BCUT2D eigenvalue weighted by Gasteiger charge is 2.24. The Labute approximate surface area is 112 Å². The highest BCUT2D eigenvalue weighted by molar-refractivity contribution is 5.94. The molecule has 5 heteroatoms. The predicted molar refractivity (Wildman–Crippen MR) is 70.8 cm³/mol. The Morgan fingerprint density at radius 2 is 2.05 bits per heavy atom. The molecule has 19 heavy (non-hydrogen) atoms. The van der Waals surface area contributed by atoms with E-state index < -0.39 is 0 Å². The van der Waals surface area contributed by atoms with Gasteiger partial charge in [0.15, 0.2) is 0 Å². The number of aromatic hydroxyl groups is 1. The molecule has 2 atom stereocenters. The van der Waals surface area contributed by atoms with Crippen LogP contribution in [0.15, 0.2) is 18.5 Å². The topological polar surface area (TPSA) is 82.5 Å². The number of aromatic nitrogens is 1. The zero-order valence-corrected chi connectivity index (χ0v) is 10.9. The highest BCUT2D eigenvalue weighted by atomic mass is 16.3. The molecule has 1 aromatic rings. The molecule has 0 bridgehead atoms. The van der Waals surface area contributed by atoms with Crippen LogP contribution >= 0.6 is 0 Å². The van der Waals surface area contributed by atoms with Crippen LogP contribution in [0.4, 0.5) is 0 Å². The van der Waals surface area contributed by atoms with Crippen LogP contribution in [0.2, 0.25) is 0 Å². The Hall–Kier alpha value is -1.62. The molecule has 1 saturated carbocycles. The number of carbonyl (C=O) groups is 1. The second-order valence-electron chi connectivity index (χ2n) is 5.13. The summed E-state index contributed by atoms with van der Waals surface area (Å²) in [6.45, 7) is 0.758. The van der Waals surface area contributed by atoms with Crippen molar-refractivity contribution in [1.29, 1.82) is 0 Å². The number of carbonyl (C=O) groups excluding carboxylic acids is 1. The van der Waals surface area contributed by atoms with Crippen LogP contribution in [0.5, 0.6) is 5.75 Å². The molecule has 5 nitrogen and oxygen atoms in total. The molecule has 1 aliphatic rings. The molecule has 2 rings (SSSR count). The van der Waals surface area contributed by atoms with Crippen molar-refractivity contribution < 1.29 is 15.0 Å². The summed E-state index contributed by atoms with van der Waals surface area (Å²) in [7, 11) is 0. The number of amides is 1. The molecule has 0 saturated heterocycles. The largest absolute Gasteiger partial charge is 0.506 e. The van der Waals surface area contributed by atoms with Gasteiger partial charge in [-0.2, -0.15) is 0 Å². The van der Waals surface area contributed by atoms with Crippen LogP contribution in [0.1, 0.15) is 36.0 Å². The lowest BCUT2D eigenvalue weighted by Crippen LogP contribution is -2.35. The minimum atomic E-state index is -0.231. The Bertz CT molecular complexity index is 436. The van der Waals surface area contributed by atoms with E-state index in [4.69, 9.17) is 0 Å². The number of aliphatic hydroxyl groups is 1. The fraction of sp³-hybridized carbons (Fsp3) is 0.571. The smallest absolute Gasteiger partial charge is 0.252 e. The van der Waals surface area contributed by atoms with Crippen LogP contribution in [-0.2, 0) is 0 Å². The summed E-state index contributed by atoms with van der Waals surface area (Å²) in [5.74, 6) is 0.383. The number of pyridine rings is 1. The standard InChI is InChI=1S/C14H20N2O3/c17-9-11-4-2-1-3-10(11)7-16-14(19)12-5-13(18)8-15-6-12/h5-6,8,10-11,17-18H,1-4,7,9H2,(H,16,19). The van der Waals surface area contributed by atoms with E-state index in [0.29, 0.717) is 18.0 Å². The first-order valence-corrected chi connectivity index (χ1v) is 6.73. The van der Waals surface area contributed by atoms with Gasteiger partial charge in [0.05, 0.1) is 11.8 Å². The average molecular weight is 264 g/mol. The molecule has 0 aliphatic heterocycles. The molecular weight excluding hydrogens is 244 g/mol. The van der Waals surface area contributed by atoms with E-state index in [-0.39, 0.29) is 24.2 Å². The van der Waals surface area contributed by atoms with Gasteiger partial charge in [-0.15, -0.1) is 0 Å². The van der Waals surface area contributed by atoms with Crippen LogP contribution < -0.4 is 5.32 Å². The lowest BCUT2D eigenvalue weighted by atomic mass is 9.79. The lowest BCUT2D eigenvalue weighted by Gasteiger charge is -2.30. The third kappa shape index (κ3) is 3.67. The molecule has 1 aliphatic carbocycles. The van der Waals surface area contributed by atoms with Gasteiger partial charge in [0.2, 0.25) is 0 Å². The van der Waals surface area contributed by atoms with Gasteiger partial charge in [-0.3, -0.25) is 9.78 Å². The molecule has 2 unspecified atom stereocenters. The number of rotatable bonds is 4. The number of nitrogens with zero attached hydrogens (tertiary/aromatic N) is 1. The maximum Gasteiger partial charge on any atom is 0.252 e. The zero-order chi connectivity index (χ0) is 13.7. The van der Waals surface area contributed by atoms with E-state index >= 15 is 0 Å². The predicted octanol–water partition coefficient (Wildman–Crippen LogP) is 1.32. The molecule has 0 spiro atoms. The monoisotopic (exact) mass is 264 g/mol. The molecule has 1 amide bonds. The Balaban J connectivity index is 1.89. The molecular formula is C14H20N2O3. The van der Waals surface area contributed by atoms with E-state index in [0.717, 1.165) is 25.7 Å². The van der Waals surface area contributed by atoms with E-state index in [9.17, 15) is 15.0 Å². The van der Waals surface area contributed by atoms with Crippen molar-refractivity contribution in [2.24, 2.45) is 11.8 Å². The van der Waals surface area contributed by atoms with Crippen molar-refractivity contribution in [3.05, 3.63) is 24.0 Å². The van der Waals surface area contributed by atoms with Gasteiger partial charge in [0.25, 0.3) is 5.91 Å². The summed E-state index contributed by atoms with van der Waals surface area (Å²) >= 11 is 0. The SMILES string of the molecule is O=C(NCC1CCCCC1CO)c1cncc(O)c1. The minimum Gasteiger partial charge on any atom is -0.506 e. The summed E-state index contributed by atoms with van der Waals surface area (Å²) in [4.78, 5) is 15.7. The Morgan fingerprint density at radius 3 is 2.74 bits per heavy atom. The number of hydrogen-bond acceptors (Lipinski definition) is 4. The molecule has 1 fully saturated rings. The van der Waals surface area contributed by atoms with Crippen molar-refractivity contribution in [1.82, 2.24) is 10.3 Å². The Morgan fingerprint density at radius 1 is 1.32 bits per heavy atom. The first-order chi connectivity index (χ1) is 9.20. The number of hydrogen-bond donors (Lipinski definition) is 3. The van der Waals surface area contributed by atoms with Gasteiger partial charge in [-0.25, -0.2) is 0 Å². The number of aliphatic hydroxyl groups excluding tert-OH is 1. The molecule has 0 aromatic carbocycles. The summed E-state index contributed by atoms with van der Waals surface area (Å²) in [5, 5.41) is 21.5. The van der Waals surface area contributed by atoms with Crippen molar-refractivity contribution in [2.45, 2.75) is 25.7 Å². The summed E-state index contributed by atoms with van der Waals surface area (Å²) < 4.78 is 0. The maximum absolute atomic E-state index is 11.9. The molecule has 1 aromatic heterocycles. The van der Waals surface area contributed by atoms with Gasteiger partial charge in [-0.1, -0.05) is 12.8 Å². The van der Waals surface area contributed by atoms with Gasteiger partial charge in [-0.05, 0) is 30.7 Å². The van der Waals surface area contributed by atoms with Crippen LogP contribution in [0.25, 0.3) is 0 Å². The highest BCUT2D eigenvalue weighted by Crippen LogP contribution is 2.29. The fourth-order valence-electron chi connectivity index (χ4n) is 2.67. The van der Waals surface area contributed by atoms with Crippen molar-refractivity contribution in [3.63, 3.8) is 0 Å². The maximum atomic E-state index is 11.9. The van der Waals surface area contributed by atoms with Gasteiger partial charge >= 0.3 is 0 Å². The van der Waals surface area contributed by atoms with Crippen LogP contribution in [0.3, 0.4) is 0 Å². The zero-order valence-electron chi connectivity index (χ0n) is 10.9.